The first-order valence-corrected chi connectivity index (χ1v) is 8.25. The van der Waals surface area contributed by atoms with E-state index in [9.17, 15) is 19.6 Å². The van der Waals surface area contributed by atoms with Gasteiger partial charge in [-0.2, -0.15) is 0 Å². The normalized spacial score (nSPS) is 11.9. The van der Waals surface area contributed by atoms with Crippen molar-refractivity contribution in [2.45, 2.75) is 12.4 Å². The van der Waals surface area contributed by atoms with E-state index >= 15 is 0 Å². The number of benzene rings is 1. The third kappa shape index (κ3) is 4.05. The number of amides is 2. The summed E-state index contributed by atoms with van der Waals surface area (Å²) in [5.41, 5.74) is 1.34. The zero-order valence-electron chi connectivity index (χ0n) is 12.9. The molecule has 0 aliphatic rings. The van der Waals surface area contributed by atoms with Gasteiger partial charge in [0.15, 0.2) is 5.13 Å². The van der Waals surface area contributed by atoms with Crippen molar-refractivity contribution in [3.63, 3.8) is 0 Å². The molecule has 8 nitrogen and oxygen atoms in total. The minimum atomic E-state index is -1.84. The van der Waals surface area contributed by atoms with E-state index in [0.29, 0.717) is 11.1 Å². The number of rotatable bonds is 5. The molecule has 1 aromatic carbocycles. The Hall–Kier alpha value is -2.69. The lowest BCUT2D eigenvalue weighted by atomic mass is 9.76. The molecule has 10 heteroatoms. The highest BCUT2D eigenvalue weighted by Crippen LogP contribution is 2.22. The van der Waals surface area contributed by atoms with Gasteiger partial charge in [0.25, 0.3) is 0 Å². The first-order valence-electron chi connectivity index (χ1n) is 7.37. The molecule has 0 bridgehead atoms. The van der Waals surface area contributed by atoms with E-state index in [2.05, 4.69) is 15.6 Å². The molecule has 0 saturated carbocycles. The van der Waals surface area contributed by atoms with Crippen LogP contribution in [0.2, 0.25) is 0 Å². The minimum Gasteiger partial charge on any atom is -0.464 e. The van der Waals surface area contributed by atoms with Crippen LogP contribution in [0.5, 0.6) is 0 Å². The third-order valence-electron chi connectivity index (χ3n) is 3.54. The quantitative estimate of drug-likeness (QED) is 0.390. The topological polar surface area (TPSA) is 125 Å². The van der Waals surface area contributed by atoms with Gasteiger partial charge in [-0.05, 0) is 18.1 Å². The Balaban J connectivity index is 1.68. The second-order valence-corrected chi connectivity index (χ2v) is 6.14. The van der Waals surface area contributed by atoms with E-state index in [1.165, 1.54) is 12.5 Å². The SMILES string of the molecule is O=C(Nc1nccs1)C(=O)NC(Cc1coc2ccccc12)B(O)O. The van der Waals surface area contributed by atoms with Crippen LogP contribution in [0, 0.1) is 0 Å². The number of fused-ring (bicyclic) bond motifs is 1. The summed E-state index contributed by atoms with van der Waals surface area (Å²) < 4.78 is 5.39. The molecule has 128 valence electrons. The van der Waals surface area contributed by atoms with Gasteiger partial charge in [0.2, 0.25) is 0 Å². The molecule has 0 fully saturated rings. The van der Waals surface area contributed by atoms with Gasteiger partial charge in [0.05, 0.1) is 12.2 Å². The van der Waals surface area contributed by atoms with Crippen molar-refractivity contribution in [1.29, 1.82) is 0 Å². The minimum absolute atomic E-state index is 0.0882. The number of nitrogens with one attached hydrogen (secondary N) is 2. The fraction of sp³-hybridized carbons (Fsp3) is 0.133. The van der Waals surface area contributed by atoms with Crippen molar-refractivity contribution in [3.8, 4) is 0 Å². The highest BCUT2D eigenvalue weighted by molar-refractivity contribution is 7.13. The van der Waals surface area contributed by atoms with Crippen LogP contribution >= 0.6 is 11.3 Å². The average molecular weight is 359 g/mol. The number of nitrogens with zero attached hydrogens (tertiary/aromatic N) is 1. The van der Waals surface area contributed by atoms with Crippen molar-refractivity contribution in [2.24, 2.45) is 0 Å². The lowest BCUT2D eigenvalue weighted by molar-refractivity contribution is -0.136. The largest absolute Gasteiger partial charge is 0.475 e. The summed E-state index contributed by atoms with van der Waals surface area (Å²) in [6.07, 6.45) is 3.06. The van der Waals surface area contributed by atoms with E-state index in [0.717, 1.165) is 16.7 Å². The zero-order chi connectivity index (χ0) is 17.8. The molecule has 2 heterocycles. The molecule has 0 aliphatic heterocycles. The Kier molecular flexibility index (Phi) is 5.12. The Labute approximate surface area is 146 Å². The van der Waals surface area contributed by atoms with Gasteiger partial charge >= 0.3 is 18.9 Å². The van der Waals surface area contributed by atoms with Crippen molar-refractivity contribution in [2.75, 3.05) is 5.32 Å². The molecule has 1 atom stereocenters. The summed E-state index contributed by atoms with van der Waals surface area (Å²) in [7, 11) is -1.84. The first-order chi connectivity index (χ1) is 12.0. The van der Waals surface area contributed by atoms with Crippen LogP contribution in [0.1, 0.15) is 5.56 Å². The molecule has 25 heavy (non-hydrogen) atoms. The Morgan fingerprint density at radius 1 is 1.28 bits per heavy atom. The predicted octanol–water partition coefficient (Wildman–Crippen LogP) is 0.567. The van der Waals surface area contributed by atoms with E-state index in [4.69, 9.17) is 4.42 Å². The lowest BCUT2D eigenvalue weighted by Crippen LogP contribution is -2.51. The van der Waals surface area contributed by atoms with Gasteiger partial charge in [-0.1, -0.05) is 18.2 Å². The highest BCUT2D eigenvalue weighted by Gasteiger charge is 2.29. The lowest BCUT2D eigenvalue weighted by Gasteiger charge is -2.16. The fourth-order valence-corrected chi connectivity index (χ4v) is 2.86. The van der Waals surface area contributed by atoms with E-state index in [1.54, 1.807) is 11.4 Å². The molecular weight excluding hydrogens is 345 g/mol. The molecular formula is C15H14BN3O5S. The average Bonchev–Trinajstić information content (AvgIpc) is 3.24. The summed E-state index contributed by atoms with van der Waals surface area (Å²) in [6, 6.07) is 7.25. The summed E-state index contributed by atoms with van der Waals surface area (Å²) in [5, 5.41) is 26.5. The molecule has 0 radical (unpaired) electrons. The number of carbonyl (C=O) groups excluding carboxylic acids is 2. The van der Waals surface area contributed by atoms with Crippen LogP contribution in [0.25, 0.3) is 11.0 Å². The molecule has 2 aromatic heterocycles. The predicted molar refractivity (Wildman–Crippen MR) is 92.8 cm³/mol. The summed E-state index contributed by atoms with van der Waals surface area (Å²) in [6.45, 7) is 0. The van der Waals surface area contributed by atoms with Gasteiger partial charge in [0.1, 0.15) is 5.58 Å². The maximum atomic E-state index is 12.0. The maximum Gasteiger partial charge on any atom is 0.475 e. The number of anilines is 1. The maximum absolute atomic E-state index is 12.0. The number of furan rings is 1. The van der Waals surface area contributed by atoms with Crippen molar-refractivity contribution in [3.05, 3.63) is 47.7 Å². The molecule has 2 amide bonds. The standard InChI is InChI=1S/C15H14BN3O5S/c20-13(14(21)19-15-17-5-6-25-15)18-12(16(22)23)7-9-8-24-11-4-2-1-3-10(9)11/h1-6,8,12,22-23H,7H2,(H,18,20)(H,17,19,21). The van der Waals surface area contributed by atoms with Crippen LogP contribution < -0.4 is 10.6 Å². The van der Waals surface area contributed by atoms with Crippen molar-refractivity contribution >= 4 is 46.4 Å². The molecule has 0 spiro atoms. The van der Waals surface area contributed by atoms with Gasteiger partial charge in [0, 0.05) is 17.0 Å². The Morgan fingerprint density at radius 3 is 2.80 bits per heavy atom. The number of hydrogen-bond acceptors (Lipinski definition) is 7. The zero-order valence-corrected chi connectivity index (χ0v) is 13.7. The number of thiazole rings is 1. The highest BCUT2D eigenvalue weighted by atomic mass is 32.1. The molecule has 3 rings (SSSR count). The van der Waals surface area contributed by atoms with E-state index in [1.807, 2.05) is 18.2 Å². The molecule has 1 unspecified atom stereocenters. The second kappa shape index (κ2) is 7.47. The fourth-order valence-electron chi connectivity index (χ4n) is 2.33. The number of carbonyl (C=O) groups is 2. The van der Waals surface area contributed by atoms with Crippen LogP contribution in [-0.2, 0) is 16.0 Å². The molecule has 3 aromatic rings. The summed E-state index contributed by atoms with van der Waals surface area (Å²) in [4.78, 5) is 27.7. The Bertz CT molecular complexity index is 880. The smallest absolute Gasteiger partial charge is 0.464 e. The summed E-state index contributed by atoms with van der Waals surface area (Å²) in [5.74, 6) is -2.99. The Morgan fingerprint density at radius 2 is 2.08 bits per heavy atom. The monoisotopic (exact) mass is 359 g/mol. The number of para-hydroxylation sites is 1. The van der Waals surface area contributed by atoms with E-state index in [-0.39, 0.29) is 11.6 Å². The van der Waals surface area contributed by atoms with Crippen LogP contribution in [0.3, 0.4) is 0 Å². The van der Waals surface area contributed by atoms with Gasteiger partial charge < -0.3 is 19.8 Å². The van der Waals surface area contributed by atoms with Crippen LogP contribution in [-0.4, -0.2) is 39.9 Å². The van der Waals surface area contributed by atoms with Gasteiger partial charge in [-0.25, -0.2) is 4.98 Å². The number of aromatic nitrogens is 1. The van der Waals surface area contributed by atoms with Gasteiger partial charge in [-0.3, -0.25) is 14.9 Å². The third-order valence-corrected chi connectivity index (χ3v) is 4.22. The molecule has 0 aliphatic carbocycles. The molecule has 0 saturated heterocycles. The molecule has 4 N–H and O–H groups in total. The second-order valence-electron chi connectivity index (χ2n) is 5.25. The van der Waals surface area contributed by atoms with Gasteiger partial charge in [-0.15, -0.1) is 11.3 Å². The summed E-state index contributed by atoms with van der Waals surface area (Å²) >= 11 is 1.16. The van der Waals surface area contributed by atoms with Crippen LogP contribution in [0.15, 0.2) is 46.5 Å². The number of hydrogen-bond donors (Lipinski definition) is 4. The first kappa shape index (κ1) is 17.1. The van der Waals surface area contributed by atoms with Crippen molar-refractivity contribution in [1.82, 2.24) is 10.3 Å². The van der Waals surface area contributed by atoms with Crippen LogP contribution in [0.4, 0.5) is 5.13 Å². The van der Waals surface area contributed by atoms with Crippen molar-refractivity contribution < 1.29 is 24.1 Å². The van der Waals surface area contributed by atoms with E-state index < -0.39 is 24.9 Å².